The Balaban J connectivity index is 1.78. The van der Waals surface area contributed by atoms with E-state index < -0.39 is 5.82 Å². The number of halogens is 1. The molecule has 7 heteroatoms. The Morgan fingerprint density at radius 2 is 2.32 bits per heavy atom. The SMILES string of the molecule is CN(CC(=O)Nc1cccc(F)c1)C(=O)CC1COCCN1. The lowest BCUT2D eigenvalue weighted by atomic mass is 10.2. The van der Waals surface area contributed by atoms with Gasteiger partial charge in [0.2, 0.25) is 11.8 Å². The van der Waals surface area contributed by atoms with Gasteiger partial charge in [-0.15, -0.1) is 0 Å². The zero-order valence-electron chi connectivity index (χ0n) is 12.5. The fourth-order valence-electron chi connectivity index (χ4n) is 2.19. The van der Waals surface area contributed by atoms with E-state index in [1.807, 2.05) is 0 Å². The summed E-state index contributed by atoms with van der Waals surface area (Å²) in [4.78, 5) is 25.3. The minimum absolute atomic E-state index is 0.0185. The molecule has 2 amide bonds. The quantitative estimate of drug-likeness (QED) is 0.836. The number of hydrogen-bond donors (Lipinski definition) is 2. The van der Waals surface area contributed by atoms with Crippen molar-refractivity contribution >= 4 is 17.5 Å². The van der Waals surface area contributed by atoms with Crippen LogP contribution in [0.25, 0.3) is 0 Å². The average Bonchev–Trinajstić information content (AvgIpc) is 2.48. The van der Waals surface area contributed by atoms with Gasteiger partial charge in [0.1, 0.15) is 5.82 Å². The average molecular weight is 309 g/mol. The molecule has 1 aromatic rings. The Labute approximate surface area is 128 Å². The second-order valence-corrected chi connectivity index (χ2v) is 5.24. The van der Waals surface area contributed by atoms with Crippen LogP contribution in [0.1, 0.15) is 6.42 Å². The van der Waals surface area contributed by atoms with Crippen molar-refractivity contribution in [3.63, 3.8) is 0 Å². The molecule has 22 heavy (non-hydrogen) atoms. The molecule has 0 aromatic heterocycles. The summed E-state index contributed by atoms with van der Waals surface area (Å²) in [5, 5.41) is 5.75. The summed E-state index contributed by atoms with van der Waals surface area (Å²) in [5.74, 6) is -0.933. The summed E-state index contributed by atoms with van der Waals surface area (Å²) in [5.41, 5.74) is 0.369. The second-order valence-electron chi connectivity index (χ2n) is 5.24. The number of ether oxygens (including phenoxy) is 1. The number of carbonyl (C=O) groups excluding carboxylic acids is 2. The highest BCUT2D eigenvalue weighted by atomic mass is 19.1. The number of morpholine rings is 1. The predicted molar refractivity (Wildman–Crippen MR) is 79.9 cm³/mol. The molecule has 2 N–H and O–H groups in total. The molecule has 0 spiro atoms. The van der Waals surface area contributed by atoms with Gasteiger partial charge in [-0.1, -0.05) is 6.07 Å². The third kappa shape index (κ3) is 5.09. The van der Waals surface area contributed by atoms with Crippen LogP contribution < -0.4 is 10.6 Å². The normalized spacial score (nSPS) is 17.8. The van der Waals surface area contributed by atoms with Gasteiger partial charge in [0.25, 0.3) is 0 Å². The lowest BCUT2D eigenvalue weighted by molar-refractivity contribution is -0.134. The zero-order valence-corrected chi connectivity index (χ0v) is 12.5. The molecule has 0 bridgehead atoms. The molecule has 1 aromatic carbocycles. The Morgan fingerprint density at radius 3 is 3.00 bits per heavy atom. The third-order valence-corrected chi connectivity index (χ3v) is 3.33. The fraction of sp³-hybridized carbons (Fsp3) is 0.467. The lowest BCUT2D eigenvalue weighted by Crippen LogP contribution is -2.45. The topological polar surface area (TPSA) is 70.7 Å². The van der Waals surface area contributed by atoms with Crippen LogP contribution >= 0.6 is 0 Å². The summed E-state index contributed by atoms with van der Waals surface area (Å²) in [6, 6.07) is 5.60. The van der Waals surface area contributed by atoms with Crippen LogP contribution in [0, 0.1) is 5.82 Å². The van der Waals surface area contributed by atoms with Crippen molar-refractivity contribution in [3.8, 4) is 0 Å². The smallest absolute Gasteiger partial charge is 0.243 e. The van der Waals surface area contributed by atoms with Crippen molar-refractivity contribution < 1.29 is 18.7 Å². The van der Waals surface area contributed by atoms with E-state index in [1.165, 1.54) is 23.1 Å². The Hall–Kier alpha value is -1.99. The number of nitrogens with zero attached hydrogens (tertiary/aromatic N) is 1. The number of hydrogen-bond acceptors (Lipinski definition) is 4. The van der Waals surface area contributed by atoms with E-state index in [-0.39, 0.29) is 30.8 Å². The van der Waals surface area contributed by atoms with Crippen LogP contribution in [-0.2, 0) is 14.3 Å². The maximum absolute atomic E-state index is 13.0. The van der Waals surface area contributed by atoms with Gasteiger partial charge in [0.05, 0.1) is 19.8 Å². The highest BCUT2D eigenvalue weighted by Crippen LogP contribution is 2.09. The largest absolute Gasteiger partial charge is 0.378 e. The first kappa shape index (κ1) is 16.4. The van der Waals surface area contributed by atoms with Crippen molar-refractivity contribution in [2.45, 2.75) is 12.5 Å². The van der Waals surface area contributed by atoms with Crippen molar-refractivity contribution in [1.29, 1.82) is 0 Å². The first-order valence-electron chi connectivity index (χ1n) is 7.15. The first-order valence-corrected chi connectivity index (χ1v) is 7.15. The third-order valence-electron chi connectivity index (χ3n) is 3.33. The fourth-order valence-corrected chi connectivity index (χ4v) is 2.19. The van der Waals surface area contributed by atoms with Gasteiger partial charge in [0.15, 0.2) is 0 Å². The van der Waals surface area contributed by atoms with Gasteiger partial charge < -0.3 is 20.3 Å². The Kier molecular flexibility index (Phi) is 5.85. The minimum Gasteiger partial charge on any atom is -0.378 e. The number of amides is 2. The number of carbonyl (C=O) groups is 2. The number of likely N-dealkylation sites (N-methyl/N-ethyl adjacent to an activating group) is 1. The van der Waals surface area contributed by atoms with E-state index in [0.717, 1.165) is 6.54 Å². The van der Waals surface area contributed by atoms with E-state index >= 15 is 0 Å². The van der Waals surface area contributed by atoms with E-state index in [4.69, 9.17) is 4.74 Å². The standard InChI is InChI=1S/C15H20FN3O3/c1-19(15(21)8-13-10-22-6-5-17-13)9-14(20)18-12-4-2-3-11(16)7-12/h2-4,7,13,17H,5-6,8-10H2,1H3,(H,18,20). The molecular formula is C15H20FN3O3. The van der Waals surface area contributed by atoms with Gasteiger partial charge >= 0.3 is 0 Å². The first-order chi connectivity index (χ1) is 10.5. The van der Waals surface area contributed by atoms with Gasteiger partial charge in [-0.25, -0.2) is 4.39 Å². The van der Waals surface area contributed by atoms with Crippen LogP contribution in [0.5, 0.6) is 0 Å². The van der Waals surface area contributed by atoms with Crippen LogP contribution in [-0.4, -0.2) is 56.1 Å². The number of rotatable bonds is 5. The molecule has 0 aliphatic carbocycles. The van der Waals surface area contributed by atoms with Gasteiger partial charge in [-0.3, -0.25) is 9.59 Å². The van der Waals surface area contributed by atoms with Gasteiger partial charge in [-0.2, -0.15) is 0 Å². The van der Waals surface area contributed by atoms with Crippen molar-refractivity contribution in [2.75, 3.05) is 38.7 Å². The van der Waals surface area contributed by atoms with E-state index in [0.29, 0.717) is 18.9 Å². The lowest BCUT2D eigenvalue weighted by Gasteiger charge is -2.25. The Morgan fingerprint density at radius 1 is 1.50 bits per heavy atom. The molecule has 1 atom stereocenters. The maximum atomic E-state index is 13.0. The van der Waals surface area contributed by atoms with E-state index in [2.05, 4.69) is 10.6 Å². The molecule has 6 nitrogen and oxygen atoms in total. The summed E-state index contributed by atoms with van der Waals surface area (Å²) >= 11 is 0. The number of benzene rings is 1. The van der Waals surface area contributed by atoms with Crippen LogP contribution in [0.3, 0.4) is 0 Å². The van der Waals surface area contributed by atoms with Crippen molar-refractivity contribution in [3.05, 3.63) is 30.1 Å². The van der Waals surface area contributed by atoms with Crippen molar-refractivity contribution in [1.82, 2.24) is 10.2 Å². The highest BCUT2D eigenvalue weighted by Gasteiger charge is 2.20. The summed E-state index contributed by atoms with van der Waals surface area (Å²) in [6.45, 7) is 1.79. The van der Waals surface area contributed by atoms with E-state index in [1.54, 1.807) is 13.1 Å². The summed E-state index contributed by atoms with van der Waals surface area (Å²) in [7, 11) is 1.57. The highest BCUT2D eigenvalue weighted by molar-refractivity contribution is 5.94. The Bertz CT molecular complexity index is 533. The molecule has 1 saturated heterocycles. The molecule has 0 radical (unpaired) electrons. The molecule has 1 fully saturated rings. The molecule has 0 saturated carbocycles. The summed E-state index contributed by atoms with van der Waals surface area (Å²) < 4.78 is 18.3. The van der Waals surface area contributed by atoms with Crippen LogP contribution in [0.4, 0.5) is 10.1 Å². The van der Waals surface area contributed by atoms with Gasteiger partial charge in [-0.05, 0) is 18.2 Å². The molecule has 1 aliphatic heterocycles. The predicted octanol–water partition coefficient (Wildman–Crippen LogP) is 0.601. The molecule has 2 rings (SSSR count). The van der Waals surface area contributed by atoms with Crippen LogP contribution in [0.15, 0.2) is 24.3 Å². The molecule has 1 heterocycles. The molecule has 120 valence electrons. The van der Waals surface area contributed by atoms with E-state index in [9.17, 15) is 14.0 Å². The monoisotopic (exact) mass is 309 g/mol. The second kappa shape index (κ2) is 7.86. The number of nitrogens with one attached hydrogen (secondary N) is 2. The molecule has 1 unspecified atom stereocenters. The zero-order chi connectivity index (χ0) is 15.9. The van der Waals surface area contributed by atoms with Gasteiger partial charge in [0, 0.05) is 31.7 Å². The summed E-state index contributed by atoms with van der Waals surface area (Å²) in [6.07, 6.45) is 0.281. The molecule has 1 aliphatic rings. The minimum atomic E-state index is -0.425. The van der Waals surface area contributed by atoms with Crippen LogP contribution in [0.2, 0.25) is 0 Å². The van der Waals surface area contributed by atoms with Crippen molar-refractivity contribution in [2.24, 2.45) is 0 Å². The maximum Gasteiger partial charge on any atom is 0.243 e. The molecular weight excluding hydrogens is 289 g/mol. The number of anilines is 1.